The van der Waals surface area contributed by atoms with Crippen LogP contribution in [-0.2, 0) is 6.54 Å². The minimum atomic E-state index is 0.310. The number of nitrogens with zero attached hydrogens (tertiary/aromatic N) is 6. The molecule has 194 valence electrons. The minimum absolute atomic E-state index is 0.310. The fourth-order valence-electron chi connectivity index (χ4n) is 3.91. The van der Waals surface area contributed by atoms with Gasteiger partial charge in [-0.2, -0.15) is 4.98 Å². The van der Waals surface area contributed by atoms with E-state index in [1.807, 2.05) is 41.0 Å². The third-order valence-corrected chi connectivity index (χ3v) is 5.70. The van der Waals surface area contributed by atoms with Gasteiger partial charge in [0.05, 0.1) is 51.7 Å². The number of methoxy groups -OCH3 is 4. The number of imidazole rings is 1. The molecule has 2 aromatic carbocycles. The molecule has 12 nitrogen and oxygen atoms in total. The molecular weight excluding hydrogens is 488 g/mol. The summed E-state index contributed by atoms with van der Waals surface area (Å²) in [4.78, 5) is 22.5. The van der Waals surface area contributed by atoms with Crippen molar-refractivity contribution in [3.05, 3.63) is 66.7 Å². The molecule has 0 amide bonds. The van der Waals surface area contributed by atoms with Gasteiger partial charge >= 0.3 is 0 Å². The molecule has 12 heteroatoms. The number of benzene rings is 2. The standard InChI is InChI=1S/C26H26N8O4/c1-35-18-8-9-19-20(13-18)34(25(32-19)28-14-16-7-5-6-10-27-16)26-30-15-29-24(33-26)31-17-11-21(36-2)23(38-4)22(12-17)37-3/h5-13,15H,14H2,1-4H3,(H,28,32)(H,29,30,31,33). The molecule has 0 aliphatic carbocycles. The summed E-state index contributed by atoms with van der Waals surface area (Å²) in [5.41, 5.74) is 3.01. The number of anilines is 3. The van der Waals surface area contributed by atoms with Gasteiger partial charge < -0.3 is 29.6 Å². The number of hydrogen-bond acceptors (Lipinski definition) is 11. The average Bonchev–Trinajstić information content (AvgIpc) is 3.33. The van der Waals surface area contributed by atoms with Crippen molar-refractivity contribution in [3.8, 4) is 28.9 Å². The SMILES string of the molecule is COc1ccc2nc(NCc3ccccn3)n(-c3ncnc(Nc4cc(OC)c(OC)c(OC)c4)n3)c2c1. The van der Waals surface area contributed by atoms with Gasteiger partial charge in [0, 0.05) is 30.1 Å². The Labute approximate surface area is 218 Å². The summed E-state index contributed by atoms with van der Waals surface area (Å²) >= 11 is 0. The summed E-state index contributed by atoms with van der Waals surface area (Å²) in [5.74, 6) is 3.37. The van der Waals surface area contributed by atoms with Gasteiger partial charge in [-0.15, -0.1) is 0 Å². The van der Waals surface area contributed by atoms with E-state index in [0.717, 1.165) is 16.7 Å². The molecule has 3 heterocycles. The lowest BCUT2D eigenvalue weighted by Crippen LogP contribution is -2.11. The predicted octanol–water partition coefficient (Wildman–Crippen LogP) is 4.00. The highest BCUT2D eigenvalue weighted by molar-refractivity contribution is 5.82. The normalized spacial score (nSPS) is 10.7. The first kappa shape index (κ1) is 24.6. The Morgan fingerprint density at radius 2 is 1.63 bits per heavy atom. The van der Waals surface area contributed by atoms with Crippen molar-refractivity contribution in [2.24, 2.45) is 0 Å². The Morgan fingerprint density at radius 1 is 0.816 bits per heavy atom. The van der Waals surface area contributed by atoms with Gasteiger partial charge in [-0.05, 0) is 24.3 Å². The molecule has 3 aromatic heterocycles. The summed E-state index contributed by atoms with van der Waals surface area (Å²) in [5, 5.41) is 6.54. The van der Waals surface area contributed by atoms with Gasteiger partial charge in [0.2, 0.25) is 23.6 Å². The van der Waals surface area contributed by atoms with E-state index in [-0.39, 0.29) is 0 Å². The second-order valence-electron chi connectivity index (χ2n) is 7.95. The van der Waals surface area contributed by atoms with Crippen LogP contribution in [0.4, 0.5) is 17.6 Å². The molecule has 0 unspecified atom stereocenters. The monoisotopic (exact) mass is 514 g/mol. The lowest BCUT2D eigenvalue weighted by Gasteiger charge is -2.15. The van der Waals surface area contributed by atoms with Crippen LogP contribution >= 0.6 is 0 Å². The molecule has 0 aliphatic rings. The van der Waals surface area contributed by atoms with Gasteiger partial charge in [0.15, 0.2) is 11.5 Å². The zero-order chi connectivity index (χ0) is 26.5. The zero-order valence-corrected chi connectivity index (χ0v) is 21.3. The molecule has 0 saturated heterocycles. The second kappa shape index (κ2) is 10.9. The lowest BCUT2D eigenvalue weighted by molar-refractivity contribution is 0.324. The molecule has 5 aromatic rings. The topological polar surface area (TPSA) is 130 Å². The number of pyridine rings is 1. The van der Waals surface area contributed by atoms with Crippen molar-refractivity contribution in [1.29, 1.82) is 0 Å². The zero-order valence-electron chi connectivity index (χ0n) is 21.3. The van der Waals surface area contributed by atoms with Gasteiger partial charge in [-0.1, -0.05) is 6.07 Å². The first-order valence-electron chi connectivity index (χ1n) is 11.6. The van der Waals surface area contributed by atoms with E-state index in [0.29, 0.717) is 53.1 Å². The Balaban J connectivity index is 1.54. The Kier molecular flexibility index (Phi) is 7.02. The van der Waals surface area contributed by atoms with Crippen LogP contribution in [0.3, 0.4) is 0 Å². The van der Waals surface area contributed by atoms with Crippen LogP contribution in [0.15, 0.2) is 61.1 Å². The third kappa shape index (κ3) is 4.91. The van der Waals surface area contributed by atoms with Crippen molar-refractivity contribution >= 4 is 28.6 Å². The average molecular weight is 515 g/mol. The minimum Gasteiger partial charge on any atom is -0.497 e. The Hall–Kier alpha value is -5.13. The fraction of sp³-hybridized carbons (Fsp3) is 0.192. The molecule has 38 heavy (non-hydrogen) atoms. The van der Waals surface area contributed by atoms with E-state index in [1.165, 1.54) is 6.33 Å². The highest BCUT2D eigenvalue weighted by Crippen LogP contribution is 2.40. The lowest BCUT2D eigenvalue weighted by atomic mass is 10.2. The number of rotatable bonds is 10. The quantitative estimate of drug-likeness (QED) is 0.280. The van der Waals surface area contributed by atoms with E-state index in [4.69, 9.17) is 23.9 Å². The number of hydrogen-bond donors (Lipinski definition) is 2. The maximum atomic E-state index is 5.45. The van der Waals surface area contributed by atoms with E-state index >= 15 is 0 Å². The van der Waals surface area contributed by atoms with Crippen molar-refractivity contribution in [2.45, 2.75) is 6.54 Å². The summed E-state index contributed by atoms with van der Waals surface area (Å²) in [6.45, 7) is 0.461. The Bertz CT molecular complexity index is 1530. The van der Waals surface area contributed by atoms with Crippen LogP contribution < -0.4 is 29.6 Å². The van der Waals surface area contributed by atoms with Crippen molar-refractivity contribution < 1.29 is 18.9 Å². The summed E-state index contributed by atoms with van der Waals surface area (Å²) in [6.07, 6.45) is 3.18. The fourth-order valence-corrected chi connectivity index (χ4v) is 3.91. The molecule has 5 rings (SSSR count). The van der Waals surface area contributed by atoms with Crippen LogP contribution in [0.2, 0.25) is 0 Å². The number of ether oxygens (including phenoxy) is 4. The highest BCUT2D eigenvalue weighted by Gasteiger charge is 2.18. The molecule has 0 fully saturated rings. The molecule has 0 aliphatic heterocycles. The second-order valence-corrected chi connectivity index (χ2v) is 7.95. The van der Waals surface area contributed by atoms with Gasteiger partial charge in [-0.25, -0.2) is 19.5 Å². The first-order valence-corrected chi connectivity index (χ1v) is 11.6. The van der Waals surface area contributed by atoms with Gasteiger partial charge in [-0.3, -0.25) is 4.98 Å². The summed E-state index contributed by atoms with van der Waals surface area (Å²) in [7, 11) is 6.28. The number of nitrogens with one attached hydrogen (secondary N) is 2. The molecule has 0 spiro atoms. The van der Waals surface area contributed by atoms with Gasteiger partial charge in [0.25, 0.3) is 0 Å². The van der Waals surface area contributed by atoms with Crippen LogP contribution in [0.25, 0.3) is 17.0 Å². The van der Waals surface area contributed by atoms with E-state index in [9.17, 15) is 0 Å². The maximum absolute atomic E-state index is 5.45. The van der Waals surface area contributed by atoms with E-state index in [1.54, 1.807) is 46.8 Å². The molecule has 2 N–H and O–H groups in total. The first-order chi connectivity index (χ1) is 18.6. The van der Waals surface area contributed by atoms with E-state index < -0.39 is 0 Å². The van der Waals surface area contributed by atoms with Gasteiger partial charge in [0.1, 0.15) is 12.1 Å². The predicted molar refractivity (Wildman–Crippen MR) is 142 cm³/mol. The smallest absolute Gasteiger partial charge is 0.241 e. The van der Waals surface area contributed by atoms with Crippen molar-refractivity contribution in [2.75, 3.05) is 39.1 Å². The molecule has 0 atom stereocenters. The highest BCUT2D eigenvalue weighted by atomic mass is 16.5. The Morgan fingerprint density at radius 3 is 2.32 bits per heavy atom. The van der Waals surface area contributed by atoms with Crippen LogP contribution in [0, 0.1) is 0 Å². The number of aromatic nitrogens is 6. The van der Waals surface area contributed by atoms with Crippen LogP contribution in [0.1, 0.15) is 5.69 Å². The molecular formula is C26H26N8O4. The molecule has 0 bridgehead atoms. The number of fused-ring (bicyclic) bond motifs is 1. The maximum Gasteiger partial charge on any atom is 0.241 e. The summed E-state index contributed by atoms with van der Waals surface area (Å²) < 4.78 is 23.6. The largest absolute Gasteiger partial charge is 0.497 e. The van der Waals surface area contributed by atoms with Crippen LogP contribution in [-0.4, -0.2) is 57.9 Å². The van der Waals surface area contributed by atoms with Crippen molar-refractivity contribution in [1.82, 2.24) is 29.5 Å². The van der Waals surface area contributed by atoms with Crippen molar-refractivity contribution in [3.63, 3.8) is 0 Å². The molecule has 0 saturated carbocycles. The third-order valence-electron chi connectivity index (χ3n) is 5.70. The summed E-state index contributed by atoms with van der Waals surface area (Å²) in [6, 6.07) is 14.9. The van der Waals surface area contributed by atoms with Crippen LogP contribution in [0.5, 0.6) is 23.0 Å². The van der Waals surface area contributed by atoms with E-state index in [2.05, 4.69) is 30.6 Å². The molecule has 0 radical (unpaired) electrons.